The highest BCUT2D eigenvalue weighted by Gasteiger charge is 2.25. The van der Waals surface area contributed by atoms with E-state index < -0.39 is 0 Å². The van der Waals surface area contributed by atoms with E-state index in [4.69, 9.17) is 4.74 Å². The maximum Gasteiger partial charge on any atom is 0.323 e. The molecule has 0 bridgehead atoms. The molecule has 3 amide bonds. The molecule has 2 heterocycles. The topological polar surface area (TPSA) is 87.7 Å². The van der Waals surface area contributed by atoms with Gasteiger partial charge in [0.1, 0.15) is 5.75 Å². The number of ether oxygens (including phenoxy) is 1. The van der Waals surface area contributed by atoms with Gasteiger partial charge in [0, 0.05) is 44.1 Å². The Hall–Kier alpha value is -3.16. The molecule has 2 aliphatic rings. The molecule has 1 saturated carbocycles. The van der Waals surface area contributed by atoms with Crippen molar-refractivity contribution in [3.05, 3.63) is 48.4 Å². The predicted molar refractivity (Wildman–Crippen MR) is 126 cm³/mol. The zero-order valence-electron chi connectivity index (χ0n) is 19.1. The van der Waals surface area contributed by atoms with E-state index in [1.54, 1.807) is 16.0 Å². The third-order valence-corrected chi connectivity index (χ3v) is 6.44. The quantitative estimate of drug-likeness (QED) is 0.736. The Labute approximate surface area is 195 Å². The summed E-state index contributed by atoms with van der Waals surface area (Å²) < 4.78 is 6.08. The van der Waals surface area contributed by atoms with Crippen molar-refractivity contribution in [3.63, 3.8) is 0 Å². The van der Waals surface area contributed by atoms with E-state index in [0.717, 1.165) is 12.4 Å². The van der Waals surface area contributed by atoms with Crippen LogP contribution in [0.2, 0.25) is 0 Å². The second-order valence-electron chi connectivity index (χ2n) is 8.85. The van der Waals surface area contributed by atoms with Crippen molar-refractivity contribution in [2.45, 2.75) is 44.9 Å². The summed E-state index contributed by atoms with van der Waals surface area (Å²) in [5, 5.41) is 2.74. The summed E-state index contributed by atoms with van der Waals surface area (Å²) in [6.45, 7) is 2.63. The van der Waals surface area contributed by atoms with Gasteiger partial charge in [0.25, 0.3) is 5.91 Å². The summed E-state index contributed by atoms with van der Waals surface area (Å²) in [4.78, 5) is 37.0. The minimum atomic E-state index is -0.229. The van der Waals surface area contributed by atoms with Gasteiger partial charge in [-0.2, -0.15) is 0 Å². The molecule has 33 heavy (non-hydrogen) atoms. The van der Waals surface area contributed by atoms with Gasteiger partial charge in [-0.15, -0.1) is 0 Å². The van der Waals surface area contributed by atoms with E-state index in [0.29, 0.717) is 43.5 Å². The number of hydrogen-bond acceptors (Lipinski definition) is 5. The van der Waals surface area contributed by atoms with Crippen LogP contribution in [0.25, 0.3) is 0 Å². The van der Waals surface area contributed by atoms with Crippen LogP contribution in [-0.2, 0) is 0 Å². The van der Waals surface area contributed by atoms with E-state index >= 15 is 0 Å². The highest BCUT2D eigenvalue weighted by Crippen LogP contribution is 2.24. The summed E-state index contributed by atoms with van der Waals surface area (Å²) in [7, 11) is 0. The van der Waals surface area contributed by atoms with Gasteiger partial charge in [0.2, 0.25) is 0 Å². The van der Waals surface area contributed by atoms with E-state index in [1.807, 2.05) is 24.3 Å². The number of anilines is 1. The molecule has 2 aromatic rings. The van der Waals surface area contributed by atoms with Crippen molar-refractivity contribution in [2.24, 2.45) is 5.92 Å². The predicted octanol–water partition coefficient (Wildman–Crippen LogP) is 4.21. The lowest BCUT2D eigenvalue weighted by Crippen LogP contribution is -2.51. The first-order valence-corrected chi connectivity index (χ1v) is 12.0. The summed E-state index contributed by atoms with van der Waals surface area (Å²) in [6.07, 6.45) is 13.6. The van der Waals surface area contributed by atoms with Crippen LogP contribution in [0.1, 0.15) is 55.3 Å². The number of piperazine rings is 1. The lowest BCUT2D eigenvalue weighted by Gasteiger charge is -2.34. The molecule has 1 N–H and O–H groups in total. The molecule has 176 valence electrons. The molecule has 4 rings (SSSR count). The Morgan fingerprint density at radius 1 is 0.970 bits per heavy atom. The third kappa shape index (κ3) is 6.66. The number of hydrogen-bond donors (Lipinski definition) is 1. The van der Waals surface area contributed by atoms with Gasteiger partial charge >= 0.3 is 6.03 Å². The van der Waals surface area contributed by atoms with Crippen LogP contribution in [0.15, 0.2) is 42.9 Å². The highest BCUT2D eigenvalue weighted by molar-refractivity contribution is 5.95. The summed E-state index contributed by atoms with van der Waals surface area (Å²) in [5.41, 5.74) is 0.627. The molecule has 0 unspecified atom stereocenters. The van der Waals surface area contributed by atoms with E-state index in [2.05, 4.69) is 15.3 Å². The van der Waals surface area contributed by atoms with E-state index in [-0.39, 0.29) is 11.9 Å². The molecule has 8 nitrogen and oxygen atoms in total. The number of carbonyl (C=O) groups excluding carboxylic acids is 2. The SMILES string of the molecule is O=C(Nc1cnccn1)N1CCN(C(=O)c2cccc(OCC3CCCCCCC3)c2)CC1. The Kier molecular flexibility index (Phi) is 8.11. The number of carbonyl (C=O) groups is 2. The monoisotopic (exact) mass is 451 g/mol. The van der Waals surface area contributed by atoms with Crippen LogP contribution in [0, 0.1) is 5.92 Å². The van der Waals surface area contributed by atoms with E-state index in [1.165, 1.54) is 57.3 Å². The first-order chi connectivity index (χ1) is 16.2. The molecule has 8 heteroatoms. The highest BCUT2D eigenvalue weighted by atomic mass is 16.5. The first kappa shape index (κ1) is 23.0. The third-order valence-electron chi connectivity index (χ3n) is 6.44. The van der Waals surface area contributed by atoms with Gasteiger partial charge in [-0.1, -0.05) is 38.2 Å². The van der Waals surface area contributed by atoms with Crippen LogP contribution in [0.5, 0.6) is 5.75 Å². The van der Waals surface area contributed by atoms with Crippen molar-refractivity contribution < 1.29 is 14.3 Å². The van der Waals surface area contributed by atoms with Gasteiger partial charge in [0.15, 0.2) is 5.82 Å². The minimum Gasteiger partial charge on any atom is -0.493 e. The van der Waals surface area contributed by atoms with Crippen LogP contribution < -0.4 is 10.1 Å². The van der Waals surface area contributed by atoms with Gasteiger partial charge in [-0.25, -0.2) is 9.78 Å². The Bertz CT molecular complexity index is 907. The smallest absolute Gasteiger partial charge is 0.323 e. The molecular formula is C25H33N5O3. The molecule has 2 fully saturated rings. The average Bonchev–Trinajstić information content (AvgIpc) is 2.84. The van der Waals surface area contributed by atoms with Crippen molar-refractivity contribution >= 4 is 17.8 Å². The summed E-state index contributed by atoms with van der Waals surface area (Å²) in [5.74, 6) is 1.74. The minimum absolute atomic E-state index is 0.0274. The number of benzene rings is 1. The van der Waals surface area contributed by atoms with Crippen molar-refractivity contribution in [1.29, 1.82) is 0 Å². The van der Waals surface area contributed by atoms with Gasteiger partial charge in [0.05, 0.1) is 12.8 Å². The number of nitrogens with one attached hydrogen (secondary N) is 1. The lowest BCUT2D eigenvalue weighted by molar-refractivity contribution is 0.0671. The van der Waals surface area contributed by atoms with Crippen molar-refractivity contribution in [2.75, 3.05) is 38.1 Å². The van der Waals surface area contributed by atoms with E-state index in [9.17, 15) is 9.59 Å². The average molecular weight is 452 g/mol. The number of nitrogens with zero attached hydrogens (tertiary/aromatic N) is 4. The Morgan fingerprint density at radius 2 is 1.70 bits per heavy atom. The molecule has 1 aromatic heterocycles. The molecule has 1 aliphatic carbocycles. The number of aromatic nitrogens is 2. The van der Waals surface area contributed by atoms with Crippen molar-refractivity contribution in [1.82, 2.24) is 19.8 Å². The molecule has 0 radical (unpaired) electrons. The number of rotatable bonds is 5. The van der Waals surface area contributed by atoms with Gasteiger partial charge in [-0.05, 0) is 37.0 Å². The normalized spacial score (nSPS) is 17.7. The molecule has 0 spiro atoms. The molecule has 1 aliphatic heterocycles. The molecular weight excluding hydrogens is 418 g/mol. The fourth-order valence-corrected chi connectivity index (χ4v) is 4.49. The van der Waals surface area contributed by atoms with Gasteiger partial charge in [-0.3, -0.25) is 15.1 Å². The van der Waals surface area contributed by atoms with Crippen LogP contribution in [-0.4, -0.2) is 64.5 Å². The van der Waals surface area contributed by atoms with Crippen LogP contribution in [0.3, 0.4) is 0 Å². The number of amides is 3. The Morgan fingerprint density at radius 3 is 2.42 bits per heavy atom. The zero-order valence-corrected chi connectivity index (χ0v) is 19.1. The maximum absolute atomic E-state index is 13.0. The van der Waals surface area contributed by atoms with Crippen LogP contribution in [0.4, 0.5) is 10.6 Å². The Balaban J connectivity index is 1.26. The largest absolute Gasteiger partial charge is 0.493 e. The molecule has 1 aromatic carbocycles. The maximum atomic E-state index is 13.0. The second kappa shape index (κ2) is 11.6. The fourth-order valence-electron chi connectivity index (χ4n) is 4.49. The van der Waals surface area contributed by atoms with Crippen LogP contribution >= 0.6 is 0 Å². The lowest BCUT2D eigenvalue weighted by atomic mass is 9.92. The second-order valence-corrected chi connectivity index (χ2v) is 8.85. The summed E-state index contributed by atoms with van der Waals surface area (Å²) in [6, 6.07) is 7.25. The molecule has 1 saturated heterocycles. The number of urea groups is 1. The van der Waals surface area contributed by atoms with Gasteiger partial charge < -0.3 is 14.5 Å². The first-order valence-electron chi connectivity index (χ1n) is 12.0. The summed E-state index contributed by atoms with van der Waals surface area (Å²) >= 11 is 0. The fraction of sp³-hybridized carbons (Fsp3) is 0.520. The van der Waals surface area contributed by atoms with Crippen molar-refractivity contribution in [3.8, 4) is 5.75 Å². The standard InChI is InChI=1S/C25H33N5O3/c31-24(29-13-15-30(16-14-29)25(32)28-23-18-26-11-12-27-23)21-9-6-10-22(17-21)33-19-20-7-4-2-1-3-5-8-20/h6,9-12,17-18,20H,1-5,7-8,13-16,19H2,(H,27,28,32). The molecule has 0 atom stereocenters. The zero-order chi connectivity index (χ0) is 22.9.